The van der Waals surface area contributed by atoms with Gasteiger partial charge < -0.3 is 19.9 Å². The number of carbonyl (C=O) groups excluding carboxylic acids is 1. The van der Waals surface area contributed by atoms with Crippen molar-refractivity contribution in [1.82, 2.24) is 29.6 Å². The number of halogens is 3. The van der Waals surface area contributed by atoms with Crippen LogP contribution in [0.3, 0.4) is 0 Å². The number of ether oxygens (including phenoxy) is 1. The van der Waals surface area contributed by atoms with E-state index in [1.54, 1.807) is 36.4 Å². The van der Waals surface area contributed by atoms with E-state index >= 15 is 0 Å². The van der Waals surface area contributed by atoms with Gasteiger partial charge in [0.15, 0.2) is 0 Å². The Hall–Kier alpha value is -3.57. The number of H-pyrrole nitrogens is 1. The Morgan fingerprint density at radius 2 is 2.23 bits per heavy atom. The van der Waals surface area contributed by atoms with Gasteiger partial charge in [0.2, 0.25) is 17.7 Å². The minimum Gasteiger partial charge on any atom is -0.477 e. The second-order valence-corrected chi connectivity index (χ2v) is 7.29. The topological polar surface area (TPSA) is 101 Å². The average Bonchev–Trinajstić information content (AvgIpc) is 3.44. The number of fused-ring (bicyclic) bond motifs is 1. The van der Waals surface area contributed by atoms with Crippen LogP contribution in [0.15, 0.2) is 37.3 Å². The zero-order chi connectivity index (χ0) is 22.2. The highest BCUT2D eigenvalue weighted by molar-refractivity contribution is 5.87. The van der Waals surface area contributed by atoms with Crippen molar-refractivity contribution in [3.8, 4) is 5.88 Å². The molecule has 12 heteroatoms. The van der Waals surface area contributed by atoms with Crippen LogP contribution in [0.25, 0.3) is 11.0 Å². The summed E-state index contributed by atoms with van der Waals surface area (Å²) >= 11 is 0. The fraction of sp³-hybridized carbons (Fsp3) is 0.368. The van der Waals surface area contributed by atoms with Gasteiger partial charge in [0.1, 0.15) is 5.65 Å². The first kappa shape index (κ1) is 20.7. The number of hydrogen-bond acceptors (Lipinski definition) is 6. The van der Waals surface area contributed by atoms with Crippen LogP contribution >= 0.6 is 0 Å². The maximum absolute atomic E-state index is 13.5. The molecule has 4 rings (SSSR count). The molecule has 31 heavy (non-hydrogen) atoms. The SMILES string of the molecule is C=CC(=O)N1CC(COc2nc(Nc3cnn(C)c3)nc3[nH]ccc23)C(C(F)(F)F)C1. The fourth-order valence-electron chi connectivity index (χ4n) is 3.60. The minimum atomic E-state index is -4.45. The van der Waals surface area contributed by atoms with Gasteiger partial charge in [-0.25, -0.2) is 0 Å². The zero-order valence-corrected chi connectivity index (χ0v) is 16.6. The van der Waals surface area contributed by atoms with Gasteiger partial charge in [-0.1, -0.05) is 6.58 Å². The molecule has 3 aromatic heterocycles. The summed E-state index contributed by atoms with van der Waals surface area (Å²) in [5.41, 5.74) is 1.12. The standard InChI is InChI=1S/C19H20F3N7O2/c1-3-15(30)29-7-11(14(9-29)19(20,21)22)10-31-17-13-4-5-23-16(13)26-18(27-17)25-12-6-24-28(2)8-12/h3-6,8,11,14H,1,7,9-10H2,2H3,(H2,23,25,26,27). The normalized spacial score (nSPS) is 19.0. The first-order valence-corrected chi connectivity index (χ1v) is 9.46. The van der Waals surface area contributed by atoms with E-state index in [-0.39, 0.29) is 25.0 Å². The molecule has 0 aromatic carbocycles. The predicted octanol–water partition coefficient (Wildman–Crippen LogP) is 2.64. The van der Waals surface area contributed by atoms with Crippen molar-refractivity contribution < 1.29 is 22.7 Å². The van der Waals surface area contributed by atoms with Crippen molar-refractivity contribution in [2.24, 2.45) is 18.9 Å². The van der Waals surface area contributed by atoms with Gasteiger partial charge in [0, 0.05) is 38.4 Å². The summed E-state index contributed by atoms with van der Waals surface area (Å²) in [5, 5.41) is 7.58. The number of aromatic amines is 1. The molecule has 1 fully saturated rings. The molecule has 1 amide bonds. The van der Waals surface area contributed by atoms with Crippen LogP contribution in [0.4, 0.5) is 24.8 Å². The Balaban J connectivity index is 1.55. The van der Waals surface area contributed by atoms with Gasteiger partial charge in [-0.15, -0.1) is 0 Å². The second-order valence-electron chi connectivity index (χ2n) is 7.29. The Kier molecular flexibility index (Phi) is 5.29. The largest absolute Gasteiger partial charge is 0.477 e. The van der Waals surface area contributed by atoms with Crippen molar-refractivity contribution in [2.45, 2.75) is 6.18 Å². The van der Waals surface area contributed by atoms with Gasteiger partial charge >= 0.3 is 6.18 Å². The van der Waals surface area contributed by atoms with Crippen LogP contribution in [-0.2, 0) is 11.8 Å². The molecular weight excluding hydrogens is 415 g/mol. The highest BCUT2D eigenvalue weighted by atomic mass is 19.4. The van der Waals surface area contributed by atoms with Gasteiger partial charge in [-0.2, -0.15) is 28.2 Å². The molecule has 0 aliphatic carbocycles. The Bertz CT molecular complexity index is 1110. The number of aromatic nitrogens is 5. The molecule has 9 nitrogen and oxygen atoms in total. The van der Waals surface area contributed by atoms with Gasteiger partial charge in [0.25, 0.3) is 0 Å². The van der Waals surface area contributed by atoms with Crippen LogP contribution in [0, 0.1) is 11.8 Å². The maximum atomic E-state index is 13.5. The third-order valence-electron chi connectivity index (χ3n) is 5.12. The number of hydrogen-bond donors (Lipinski definition) is 2. The second kappa shape index (κ2) is 7.93. The summed E-state index contributed by atoms with van der Waals surface area (Å²) in [6.45, 7) is 2.60. The minimum absolute atomic E-state index is 0.0722. The monoisotopic (exact) mass is 435 g/mol. The van der Waals surface area contributed by atoms with Crippen LogP contribution in [0.5, 0.6) is 5.88 Å². The molecule has 1 aliphatic rings. The molecule has 3 aromatic rings. The molecule has 2 N–H and O–H groups in total. The first-order valence-electron chi connectivity index (χ1n) is 9.46. The number of likely N-dealkylation sites (tertiary alicyclic amines) is 1. The summed E-state index contributed by atoms with van der Waals surface area (Å²) in [6, 6.07) is 1.68. The smallest absolute Gasteiger partial charge is 0.393 e. The Labute approximate surface area is 174 Å². The molecule has 164 valence electrons. The lowest BCUT2D eigenvalue weighted by molar-refractivity contribution is -0.182. The van der Waals surface area contributed by atoms with Gasteiger partial charge in [-0.3, -0.25) is 9.48 Å². The number of aryl methyl sites for hydroxylation is 1. The van der Waals surface area contributed by atoms with E-state index in [2.05, 4.69) is 31.9 Å². The molecule has 1 aliphatic heterocycles. The number of carbonyl (C=O) groups is 1. The Morgan fingerprint density at radius 1 is 1.42 bits per heavy atom. The molecular formula is C19H20F3N7O2. The lowest BCUT2D eigenvalue weighted by Gasteiger charge is -2.21. The van der Waals surface area contributed by atoms with Crippen molar-refractivity contribution in [1.29, 1.82) is 0 Å². The van der Waals surface area contributed by atoms with Crippen LogP contribution in [0.2, 0.25) is 0 Å². The zero-order valence-electron chi connectivity index (χ0n) is 16.6. The first-order chi connectivity index (χ1) is 14.7. The highest BCUT2D eigenvalue weighted by Gasteiger charge is 2.50. The van der Waals surface area contributed by atoms with Crippen molar-refractivity contribution >= 4 is 28.6 Å². The number of rotatable bonds is 6. The molecule has 2 unspecified atom stereocenters. The van der Waals surface area contributed by atoms with E-state index in [9.17, 15) is 18.0 Å². The third-order valence-corrected chi connectivity index (χ3v) is 5.12. The lowest BCUT2D eigenvalue weighted by Crippen LogP contribution is -2.33. The van der Waals surface area contributed by atoms with Crippen molar-refractivity contribution in [3.05, 3.63) is 37.3 Å². The van der Waals surface area contributed by atoms with Gasteiger partial charge in [-0.05, 0) is 12.1 Å². The molecule has 0 radical (unpaired) electrons. The lowest BCUT2D eigenvalue weighted by atomic mass is 9.96. The van der Waals surface area contributed by atoms with E-state index in [1.165, 1.54) is 0 Å². The van der Waals surface area contributed by atoms with Crippen LogP contribution in [0.1, 0.15) is 0 Å². The molecule has 0 saturated carbocycles. The highest BCUT2D eigenvalue weighted by Crippen LogP contribution is 2.38. The van der Waals surface area contributed by atoms with Gasteiger partial charge in [0.05, 0.1) is 29.8 Å². The van der Waals surface area contributed by atoms with Crippen LogP contribution < -0.4 is 10.1 Å². The Morgan fingerprint density at radius 3 is 2.90 bits per heavy atom. The van der Waals surface area contributed by atoms with Crippen molar-refractivity contribution in [2.75, 3.05) is 25.0 Å². The van der Waals surface area contributed by atoms with E-state index in [0.29, 0.717) is 16.7 Å². The summed E-state index contributed by atoms with van der Waals surface area (Å²) in [6.07, 6.45) is 1.51. The molecule has 2 atom stereocenters. The quantitative estimate of drug-likeness (QED) is 0.578. The summed E-state index contributed by atoms with van der Waals surface area (Å²) in [4.78, 5) is 24.6. The molecule has 1 saturated heterocycles. The average molecular weight is 435 g/mol. The van der Waals surface area contributed by atoms with E-state index in [1.807, 2.05) is 0 Å². The van der Waals surface area contributed by atoms with E-state index < -0.39 is 30.5 Å². The fourth-order valence-corrected chi connectivity index (χ4v) is 3.60. The molecule has 0 spiro atoms. The van der Waals surface area contributed by atoms with Crippen LogP contribution in [-0.4, -0.2) is 61.4 Å². The van der Waals surface area contributed by atoms with E-state index in [0.717, 1.165) is 11.0 Å². The maximum Gasteiger partial charge on any atom is 0.393 e. The van der Waals surface area contributed by atoms with Crippen molar-refractivity contribution in [3.63, 3.8) is 0 Å². The number of nitrogens with one attached hydrogen (secondary N) is 2. The number of nitrogens with zero attached hydrogens (tertiary/aromatic N) is 5. The predicted molar refractivity (Wildman–Crippen MR) is 106 cm³/mol. The molecule has 4 heterocycles. The summed E-state index contributed by atoms with van der Waals surface area (Å²) in [7, 11) is 1.76. The summed E-state index contributed by atoms with van der Waals surface area (Å²) in [5.74, 6) is -2.79. The number of amides is 1. The number of anilines is 2. The summed E-state index contributed by atoms with van der Waals surface area (Å²) < 4.78 is 47.9. The number of alkyl halides is 3. The van der Waals surface area contributed by atoms with E-state index in [4.69, 9.17) is 4.74 Å². The third kappa shape index (κ3) is 4.32. The molecule has 0 bridgehead atoms.